The maximum atomic E-state index is 12.7. The number of piperazine rings is 1. The maximum Gasteiger partial charge on any atom is 0.267 e. The van der Waals surface area contributed by atoms with E-state index in [1.807, 2.05) is 34.7 Å². The van der Waals surface area contributed by atoms with Gasteiger partial charge in [0.1, 0.15) is 6.61 Å². The summed E-state index contributed by atoms with van der Waals surface area (Å²) in [7, 11) is 0. The number of fused-ring (bicyclic) bond motifs is 1. The highest BCUT2D eigenvalue weighted by molar-refractivity contribution is 7.07. The highest BCUT2D eigenvalue weighted by atomic mass is 32.1. The van der Waals surface area contributed by atoms with Crippen LogP contribution in [-0.2, 0) is 11.3 Å². The number of thiazole rings is 1. The number of rotatable bonds is 3. The lowest BCUT2D eigenvalue weighted by Gasteiger charge is -2.36. The van der Waals surface area contributed by atoms with E-state index in [0.29, 0.717) is 24.6 Å². The number of aromatic nitrogens is 1. The smallest absolute Gasteiger partial charge is 0.267 e. The maximum absolute atomic E-state index is 12.7. The first-order chi connectivity index (χ1) is 11.8. The summed E-state index contributed by atoms with van der Waals surface area (Å²) in [5, 5.41) is 2.07. The van der Waals surface area contributed by atoms with Crippen LogP contribution in [0.25, 0.3) is 0 Å². The zero-order chi connectivity index (χ0) is 16.4. The molecule has 1 atom stereocenters. The second-order valence-corrected chi connectivity index (χ2v) is 6.66. The average molecular weight is 345 g/mol. The van der Waals surface area contributed by atoms with Crippen LogP contribution in [0.2, 0.25) is 0 Å². The molecular formula is C17H19N3O3S. The van der Waals surface area contributed by atoms with Crippen LogP contribution >= 0.6 is 11.3 Å². The molecule has 1 aromatic heterocycles. The molecule has 0 aliphatic carbocycles. The van der Waals surface area contributed by atoms with Crippen LogP contribution in [0.5, 0.6) is 11.5 Å². The Kier molecular flexibility index (Phi) is 4.36. The zero-order valence-electron chi connectivity index (χ0n) is 13.3. The van der Waals surface area contributed by atoms with Crippen LogP contribution in [0.1, 0.15) is 5.69 Å². The van der Waals surface area contributed by atoms with Gasteiger partial charge in [0.15, 0.2) is 11.5 Å². The van der Waals surface area contributed by atoms with E-state index in [1.165, 1.54) is 0 Å². The van der Waals surface area contributed by atoms with Gasteiger partial charge in [-0.25, -0.2) is 4.98 Å². The van der Waals surface area contributed by atoms with E-state index in [1.54, 1.807) is 11.3 Å². The van der Waals surface area contributed by atoms with Crippen LogP contribution in [0.4, 0.5) is 0 Å². The summed E-state index contributed by atoms with van der Waals surface area (Å²) in [4.78, 5) is 21.2. The highest BCUT2D eigenvalue weighted by Crippen LogP contribution is 2.31. The van der Waals surface area contributed by atoms with Crippen LogP contribution in [0, 0.1) is 0 Å². The zero-order valence-corrected chi connectivity index (χ0v) is 14.1. The van der Waals surface area contributed by atoms with E-state index in [2.05, 4.69) is 15.3 Å². The van der Waals surface area contributed by atoms with Crippen molar-refractivity contribution in [3.05, 3.63) is 40.8 Å². The van der Waals surface area contributed by atoms with Gasteiger partial charge in [0.2, 0.25) is 6.10 Å². The predicted molar refractivity (Wildman–Crippen MR) is 90.3 cm³/mol. The number of hydrogen-bond donors (Lipinski definition) is 0. The Morgan fingerprint density at radius 2 is 2.00 bits per heavy atom. The first-order valence-electron chi connectivity index (χ1n) is 8.06. The molecule has 2 aliphatic rings. The Balaban J connectivity index is 1.32. The molecule has 126 valence electrons. The number of carbonyl (C=O) groups is 1. The van der Waals surface area contributed by atoms with E-state index in [4.69, 9.17) is 9.47 Å². The van der Waals surface area contributed by atoms with Gasteiger partial charge in [0, 0.05) is 38.1 Å². The van der Waals surface area contributed by atoms with Gasteiger partial charge in [-0.05, 0) is 12.1 Å². The van der Waals surface area contributed by atoms with Crippen LogP contribution in [-0.4, -0.2) is 59.6 Å². The molecule has 1 aromatic carbocycles. The summed E-state index contributed by atoms with van der Waals surface area (Å²) in [6, 6.07) is 7.46. The van der Waals surface area contributed by atoms with Crippen LogP contribution < -0.4 is 9.47 Å². The minimum absolute atomic E-state index is 0.0119. The largest absolute Gasteiger partial charge is 0.485 e. The summed E-state index contributed by atoms with van der Waals surface area (Å²) < 4.78 is 11.5. The van der Waals surface area contributed by atoms with E-state index in [9.17, 15) is 4.79 Å². The topological polar surface area (TPSA) is 54.9 Å². The summed E-state index contributed by atoms with van der Waals surface area (Å²) in [6.07, 6.45) is -0.551. The van der Waals surface area contributed by atoms with Gasteiger partial charge in [-0.15, -0.1) is 11.3 Å². The van der Waals surface area contributed by atoms with Crippen molar-refractivity contribution >= 4 is 17.2 Å². The first kappa shape index (κ1) is 15.4. The number of ether oxygens (including phenoxy) is 2. The van der Waals surface area contributed by atoms with Crippen LogP contribution in [0.15, 0.2) is 35.2 Å². The van der Waals surface area contributed by atoms with Crippen molar-refractivity contribution in [2.24, 2.45) is 0 Å². The molecule has 2 aliphatic heterocycles. The van der Waals surface area contributed by atoms with Crippen molar-refractivity contribution in [2.75, 3.05) is 32.8 Å². The molecular weight excluding hydrogens is 326 g/mol. The molecule has 0 radical (unpaired) electrons. The fraction of sp³-hybridized carbons (Fsp3) is 0.412. The van der Waals surface area contributed by atoms with Crippen molar-refractivity contribution in [3.63, 3.8) is 0 Å². The van der Waals surface area contributed by atoms with Gasteiger partial charge in [-0.1, -0.05) is 12.1 Å². The number of carbonyl (C=O) groups excluding carboxylic acids is 1. The normalized spacial score (nSPS) is 20.8. The number of hydrogen-bond acceptors (Lipinski definition) is 6. The molecule has 4 rings (SSSR count). The third-order valence-corrected chi connectivity index (χ3v) is 4.97. The third-order valence-electron chi connectivity index (χ3n) is 4.34. The summed E-state index contributed by atoms with van der Waals surface area (Å²) in [6.45, 7) is 4.26. The molecule has 0 bridgehead atoms. The first-order valence-corrected chi connectivity index (χ1v) is 9.00. The predicted octanol–water partition coefficient (Wildman–Crippen LogP) is 1.63. The fourth-order valence-electron chi connectivity index (χ4n) is 3.02. The van der Waals surface area contributed by atoms with Gasteiger partial charge in [0.25, 0.3) is 5.91 Å². The van der Waals surface area contributed by atoms with Crippen molar-refractivity contribution in [1.29, 1.82) is 0 Å². The van der Waals surface area contributed by atoms with Crippen molar-refractivity contribution in [3.8, 4) is 11.5 Å². The number of para-hydroxylation sites is 2. The Morgan fingerprint density at radius 1 is 1.21 bits per heavy atom. The average Bonchev–Trinajstić information content (AvgIpc) is 3.14. The molecule has 0 spiro atoms. The standard InChI is InChI=1S/C17H19N3O3S/c21-17(16-10-22-14-3-1-2-4-15(14)23-16)20-7-5-19(6-8-20)9-13-11-24-12-18-13/h1-4,11-12,16H,5-10H2/t16-/m0/s1. The van der Waals surface area contributed by atoms with E-state index < -0.39 is 6.10 Å². The molecule has 7 heteroatoms. The van der Waals surface area contributed by atoms with Crippen molar-refractivity contribution < 1.29 is 14.3 Å². The van der Waals surface area contributed by atoms with Crippen molar-refractivity contribution in [1.82, 2.24) is 14.8 Å². The Morgan fingerprint density at radius 3 is 2.75 bits per heavy atom. The second-order valence-electron chi connectivity index (χ2n) is 5.95. The SMILES string of the molecule is O=C([C@@H]1COc2ccccc2O1)N1CCN(Cc2cscn2)CC1. The monoisotopic (exact) mass is 345 g/mol. The van der Waals surface area contributed by atoms with Crippen LogP contribution in [0.3, 0.4) is 0 Å². The molecule has 1 amide bonds. The molecule has 2 aromatic rings. The van der Waals surface area contributed by atoms with Gasteiger partial charge < -0.3 is 14.4 Å². The quantitative estimate of drug-likeness (QED) is 0.846. The van der Waals surface area contributed by atoms with Crippen molar-refractivity contribution in [2.45, 2.75) is 12.6 Å². The lowest BCUT2D eigenvalue weighted by molar-refractivity contribution is -0.143. The minimum Gasteiger partial charge on any atom is -0.485 e. The molecule has 6 nitrogen and oxygen atoms in total. The number of amides is 1. The molecule has 1 fully saturated rings. The van der Waals surface area contributed by atoms with Gasteiger partial charge >= 0.3 is 0 Å². The molecule has 3 heterocycles. The Hall–Kier alpha value is -2.12. The van der Waals surface area contributed by atoms with Gasteiger partial charge in [-0.3, -0.25) is 9.69 Å². The van der Waals surface area contributed by atoms with E-state index >= 15 is 0 Å². The lowest BCUT2D eigenvalue weighted by atomic mass is 10.2. The number of nitrogens with zero attached hydrogens (tertiary/aromatic N) is 3. The second kappa shape index (κ2) is 6.78. The molecule has 0 N–H and O–H groups in total. The Labute approximate surface area is 144 Å². The fourth-order valence-corrected chi connectivity index (χ4v) is 3.57. The van der Waals surface area contributed by atoms with Gasteiger partial charge in [0.05, 0.1) is 11.2 Å². The third kappa shape index (κ3) is 3.22. The summed E-state index contributed by atoms with van der Waals surface area (Å²) in [5.41, 5.74) is 2.95. The van der Waals surface area contributed by atoms with Gasteiger partial charge in [-0.2, -0.15) is 0 Å². The molecule has 0 unspecified atom stereocenters. The molecule has 24 heavy (non-hydrogen) atoms. The molecule has 1 saturated heterocycles. The summed E-state index contributed by atoms with van der Waals surface area (Å²) >= 11 is 1.61. The minimum atomic E-state index is -0.551. The van der Waals surface area contributed by atoms with E-state index in [0.717, 1.165) is 25.3 Å². The Bertz CT molecular complexity index is 699. The molecule has 0 saturated carbocycles. The summed E-state index contributed by atoms with van der Waals surface area (Å²) in [5.74, 6) is 1.36. The number of benzene rings is 1. The van der Waals surface area contributed by atoms with E-state index in [-0.39, 0.29) is 12.5 Å². The lowest BCUT2D eigenvalue weighted by Crippen LogP contribution is -2.53. The highest BCUT2D eigenvalue weighted by Gasteiger charge is 2.32.